The van der Waals surface area contributed by atoms with E-state index in [2.05, 4.69) is 9.71 Å². The van der Waals surface area contributed by atoms with Gasteiger partial charge in [0.25, 0.3) is 10.0 Å². The minimum absolute atomic E-state index is 0.200. The van der Waals surface area contributed by atoms with E-state index in [4.69, 9.17) is 9.47 Å². The van der Waals surface area contributed by atoms with Crippen molar-refractivity contribution in [1.82, 2.24) is 4.98 Å². The lowest BCUT2D eigenvalue weighted by atomic mass is 10.3. The highest BCUT2D eigenvalue weighted by Gasteiger charge is 2.18. The molecule has 0 aliphatic carbocycles. The SMILES string of the molecule is CSc1nc2ccc(S(=O)(=O)Nc3ccc4c(c3)OCCO4)cc2s1. The molecule has 3 aromatic rings. The number of ether oxygens (including phenoxy) is 2. The molecule has 1 aliphatic heterocycles. The Hall–Kier alpha value is -1.97. The van der Waals surface area contributed by atoms with E-state index in [-0.39, 0.29) is 4.90 Å². The van der Waals surface area contributed by atoms with E-state index in [0.717, 1.165) is 14.6 Å². The van der Waals surface area contributed by atoms with Gasteiger partial charge in [0.2, 0.25) is 0 Å². The third kappa shape index (κ3) is 3.26. The van der Waals surface area contributed by atoms with Gasteiger partial charge in [-0.15, -0.1) is 11.3 Å². The summed E-state index contributed by atoms with van der Waals surface area (Å²) in [7, 11) is -3.70. The highest BCUT2D eigenvalue weighted by atomic mass is 32.2. The third-order valence-electron chi connectivity index (χ3n) is 3.62. The molecule has 1 aromatic heterocycles. The molecule has 4 rings (SSSR count). The zero-order valence-corrected chi connectivity index (χ0v) is 15.6. The molecule has 130 valence electrons. The molecule has 1 N–H and O–H groups in total. The van der Waals surface area contributed by atoms with E-state index in [1.54, 1.807) is 48.2 Å². The summed E-state index contributed by atoms with van der Waals surface area (Å²) < 4.78 is 40.6. The molecule has 0 atom stereocenters. The van der Waals surface area contributed by atoms with Crippen LogP contribution in [0.5, 0.6) is 11.5 Å². The number of hydrogen-bond donors (Lipinski definition) is 1. The van der Waals surface area contributed by atoms with E-state index < -0.39 is 10.0 Å². The van der Waals surface area contributed by atoms with Crippen LogP contribution in [0, 0.1) is 0 Å². The minimum atomic E-state index is -3.70. The van der Waals surface area contributed by atoms with Crippen molar-refractivity contribution in [3.8, 4) is 11.5 Å². The van der Waals surface area contributed by atoms with Crippen LogP contribution in [0.3, 0.4) is 0 Å². The van der Waals surface area contributed by atoms with E-state index in [9.17, 15) is 8.42 Å². The number of nitrogens with zero attached hydrogens (tertiary/aromatic N) is 1. The largest absolute Gasteiger partial charge is 0.486 e. The zero-order chi connectivity index (χ0) is 17.4. The fraction of sp³-hybridized carbons (Fsp3) is 0.188. The molecule has 25 heavy (non-hydrogen) atoms. The lowest BCUT2D eigenvalue weighted by molar-refractivity contribution is 0.171. The van der Waals surface area contributed by atoms with Crippen molar-refractivity contribution in [2.45, 2.75) is 9.24 Å². The predicted molar refractivity (Wildman–Crippen MR) is 99.6 cm³/mol. The Balaban J connectivity index is 1.65. The monoisotopic (exact) mass is 394 g/mol. The number of thiazole rings is 1. The van der Waals surface area contributed by atoms with Crippen LogP contribution >= 0.6 is 23.1 Å². The Labute approximate surface area is 153 Å². The molecule has 0 spiro atoms. The smallest absolute Gasteiger partial charge is 0.261 e. The average molecular weight is 394 g/mol. The number of benzene rings is 2. The maximum absolute atomic E-state index is 12.7. The standard InChI is InChI=1S/C16H14N2O4S3/c1-23-16-17-12-4-3-11(9-15(12)24-16)25(19,20)18-10-2-5-13-14(8-10)22-7-6-21-13/h2-5,8-9,18H,6-7H2,1H3. The maximum atomic E-state index is 12.7. The van der Waals surface area contributed by atoms with E-state index in [1.165, 1.54) is 11.3 Å². The van der Waals surface area contributed by atoms with Crippen molar-refractivity contribution in [3.05, 3.63) is 36.4 Å². The van der Waals surface area contributed by atoms with Crippen LogP contribution in [0.25, 0.3) is 10.2 Å². The van der Waals surface area contributed by atoms with Crippen LogP contribution in [0.15, 0.2) is 45.6 Å². The number of hydrogen-bond acceptors (Lipinski definition) is 7. The molecule has 1 aliphatic rings. The van der Waals surface area contributed by atoms with Gasteiger partial charge in [0.1, 0.15) is 13.2 Å². The molecule has 0 saturated heterocycles. The van der Waals surface area contributed by atoms with Crippen LogP contribution in [0.2, 0.25) is 0 Å². The fourth-order valence-electron chi connectivity index (χ4n) is 2.46. The van der Waals surface area contributed by atoms with Gasteiger partial charge in [-0.3, -0.25) is 4.72 Å². The van der Waals surface area contributed by atoms with E-state index >= 15 is 0 Å². The van der Waals surface area contributed by atoms with Crippen molar-refractivity contribution >= 4 is 49.0 Å². The third-order valence-corrected chi connectivity index (χ3v) is 7.00. The second-order valence-electron chi connectivity index (χ2n) is 5.28. The van der Waals surface area contributed by atoms with Crippen molar-refractivity contribution in [2.24, 2.45) is 0 Å². The second-order valence-corrected chi connectivity index (χ2v) is 9.04. The normalized spacial score (nSPS) is 13.8. The first kappa shape index (κ1) is 16.5. The molecule has 0 unspecified atom stereocenters. The molecular weight excluding hydrogens is 380 g/mol. The van der Waals surface area contributed by atoms with Gasteiger partial charge in [0.05, 0.1) is 20.8 Å². The minimum Gasteiger partial charge on any atom is -0.486 e. The molecule has 0 bridgehead atoms. The Morgan fingerprint density at radius 3 is 2.72 bits per heavy atom. The lowest BCUT2D eigenvalue weighted by Gasteiger charge is -2.19. The molecule has 2 heterocycles. The number of fused-ring (bicyclic) bond motifs is 2. The number of nitrogens with one attached hydrogen (secondary N) is 1. The number of aromatic nitrogens is 1. The van der Waals surface area contributed by atoms with Gasteiger partial charge in [-0.05, 0) is 36.6 Å². The highest BCUT2D eigenvalue weighted by molar-refractivity contribution is 8.00. The summed E-state index contributed by atoms with van der Waals surface area (Å²) in [6.45, 7) is 0.938. The Morgan fingerprint density at radius 2 is 1.92 bits per heavy atom. The van der Waals surface area contributed by atoms with Crippen LogP contribution in [-0.2, 0) is 10.0 Å². The number of thioether (sulfide) groups is 1. The second kappa shape index (κ2) is 6.40. The Bertz CT molecular complexity index is 1050. The first-order chi connectivity index (χ1) is 12.0. The van der Waals surface area contributed by atoms with Gasteiger partial charge < -0.3 is 9.47 Å². The average Bonchev–Trinajstić information content (AvgIpc) is 3.03. The molecule has 0 fully saturated rings. The first-order valence-corrected chi connectivity index (χ1v) is 10.9. The molecule has 9 heteroatoms. The van der Waals surface area contributed by atoms with Crippen LogP contribution in [-0.4, -0.2) is 32.9 Å². The first-order valence-electron chi connectivity index (χ1n) is 7.42. The summed E-state index contributed by atoms with van der Waals surface area (Å²) in [4.78, 5) is 4.62. The molecule has 6 nitrogen and oxygen atoms in total. The van der Waals surface area contributed by atoms with Crippen LogP contribution in [0.1, 0.15) is 0 Å². The van der Waals surface area contributed by atoms with Crippen molar-refractivity contribution in [2.75, 3.05) is 24.2 Å². The van der Waals surface area contributed by atoms with Crippen molar-refractivity contribution in [3.63, 3.8) is 0 Å². The zero-order valence-electron chi connectivity index (χ0n) is 13.2. The molecule has 0 amide bonds. The van der Waals surface area contributed by atoms with Gasteiger partial charge in [-0.2, -0.15) is 0 Å². The Morgan fingerprint density at radius 1 is 1.12 bits per heavy atom. The number of rotatable bonds is 4. The van der Waals surface area contributed by atoms with Crippen molar-refractivity contribution in [1.29, 1.82) is 0 Å². The highest BCUT2D eigenvalue weighted by Crippen LogP contribution is 2.34. The predicted octanol–water partition coefficient (Wildman–Crippen LogP) is 3.59. The molecule has 0 radical (unpaired) electrons. The van der Waals surface area contributed by atoms with Gasteiger partial charge in [-0.1, -0.05) is 11.8 Å². The van der Waals surface area contributed by atoms with Gasteiger partial charge in [0.15, 0.2) is 15.8 Å². The van der Waals surface area contributed by atoms with Gasteiger partial charge >= 0.3 is 0 Å². The summed E-state index contributed by atoms with van der Waals surface area (Å²) in [6.07, 6.45) is 1.94. The van der Waals surface area contributed by atoms with Crippen LogP contribution < -0.4 is 14.2 Å². The van der Waals surface area contributed by atoms with Crippen molar-refractivity contribution < 1.29 is 17.9 Å². The van der Waals surface area contributed by atoms with E-state index in [1.807, 2.05) is 6.26 Å². The van der Waals surface area contributed by atoms with Crippen LogP contribution in [0.4, 0.5) is 5.69 Å². The molecular formula is C16H14N2O4S3. The maximum Gasteiger partial charge on any atom is 0.261 e. The quantitative estimate of drug-likeness (QED) is 0.682. The molecule has 2 aromatic carbocycles. The number of anilines is 1. The van der Waals surface area contributed by atoms with E-state index in [0.29, 0.717) is 30.4 Å². The van der Waals surface area contributed by atoms with Gasteiger partial charge in [0, 0.05) is 6.07 Å². The Kier molecular flexibility index (Phi) is 4.22. The van der Waals surface area contributed by atoms with Gasteiger partial charge in [-0.25, -0.2) is 13.4 Å². The number of sulfonamides is 1. The lowest BCUT2D eigenvalue weighted by Crippen LogP contribution is -2.16. The summed E-state index contributed by atoms with van der Waals surface area (Å²) >= 11 is 3.02. The summed E-state index contributed by atoms with van der Waals surface area (Å²) in [6, 6.07) is 9.91. The summed E-state index contributed by atoms with van der Waals surface area (Å²) in [5.74, 6) is 1.15. The molecule has 0 saturated carbocycles. The summed E-state index contributed by atoms with van der Waals surface area (Å²) in [5, 5.41) is 0. The summed E-state index contributed by atoms with van der Waals surface area (Å²) in [5.41, 5.74) is 1.23. The fourth-order valence-corrected chi connectivity index (χ4v) is 5.14. The topological polar surface area (TPSA) is 77.5 Å².